The Labute approximate surface area is 109 Å². The van der Waals surface area contributed by atoms with Crippen LogP contribution in [0.1, 0.15) is 21.9 Å². The zero-order valence-electron chi connectivity index (χ0n) is 10.6. The van der Waals surface area contributed by atoms with Crippen LogP contribution in [0.5, 0.6) is 0 Å². The highest BCUT2D eigenvalue weighted by molar-refractivity contribution is 5.92. The van der Waals surface area contributed by atoms with E-state index < -0.39 is 5.91 Å². The fourth-order valence-corrected chi connectivity index (χ4v) is 1.61. The van der Waals surface area contributed by atoms with Crippen molar-refractivity contribution < 1.29 is 14.0 Å². The Balaban J connectivity index is 1.85. The summed E-state index contributed by atoms with van der Waals surface area (Å²) in [7, 11) is 0. The molecule has 0 atom stereocenters. The summed E-state index contributed by atoms with van der Waals surface area (Å²) in [4.78, 5) is 23.1. The monoisotopic (exact) mass is 262 g/mol. The number of nitrogens with zero attached hydrogens (tertiary/aromatic N) is 2. The van der Waals surface area contributed by atoms with E-state index in [2.05, 4.69) is 16.0 Å². The maximum absolute atomic E-state index is 11.6. The Morgan fingerprint density at radius 3 is 2.74 bits per heavy atom. The van der Waals surface area contributed by atoms with E-state index in [1.54, 1.807) is 10.7 Å². The summed E-state index contributed by atoms with van der Waals surface area (Å²) < 4.78 is 6.45. The summed E-state index contributed by atoms with van der Waals surface area (Å²) in [5.41, 5.74) is 6.27. The lowest BCUT2D eigenvalue weighted by atomic mass is 10.4. The van der Waals surface area contributed by atoms with E-state index in [9.17, 15) is 9.59 Å². The van der Waals surface area contributed by atoms with E-state index in [1.165, 1.54) is 12.3 Å². The number of aryl methyl sites for hydroxylation is 2. The number of hydrogen-bond donors (Lipinski definition) is 2. The standard InChI is InChI=1S/C12H14N4O3/c1-8-6-9(2)16(15-8)7-11(17)13-14-12(18)10-4-3-5-19-10/h3-6H,7H2,1-2H3,(H,13,17)(H,14,18). The molecule has 0 bridgehead atoms. The molecule has 0 radical (unpaired) electrons. The van der Waals surface area contributed by atoms with Crippen molar-refractivity contribution in [2.45, 2.75) is 20.4 Å². The van der Waals surface area contributed by atoms with Gasteiger partial charge in [-0.3, -0.25) is 25.1 Å². The zero-order valence-corrected chi connectivity index (χ0v) is 10.6. The van der Waals surface area contributed by atoms with Crippen LogP contribution < -0.4 is 10.9 Å². The molecule has 2 aromatic rings. The first-order valence-corrected chi connectivity index (χ1v) is 5.70. The van der Waals surface area contributed by atoms with Crippen LogP contribution in [0.4, 0.5) is 0 Å². The first-order valence-electron chi connectivity index (χ1n) is 5.70. The van der Waals surface area contributed by atoms with Gasteiger partial charge in [0, 0.05) is 5.69 Å². The van der Waals surface area contributed by atoms with Gasteiger partial charge in [-0.2, -0.15) is 5.10 Å². The Hall–Kier alpha value is -2.57. The first kappa shape index (κ1) is 12.9. The quantitative estimate of drug-likeness (QED) is 0.791. The van der Waals surface area contributed by atoms with Crippen molar-refractivity contribution >= 4 is 11.8 Å². The van der Waals surface area contributed by atoms with Crippen molar-refractivity contribution in [1.82, 2.24) is 20.6 Å². The Kier molecular flexibility index (Phi) is 3.65. The third-order valence-corrected chi connectivity index (χ3v) is 2.46. The summed E-state index contributed by atoms with van der Waals surface area (Å²) in [6.45, 7) is 3.74. The second-order valence-corrected chi connectivity index (χ2v) is 4.06. The zero-order chi connectivity index (χ0) is 13.8. The average Bonchev–Trinajstić information content (AvgIpc) is 2.97. The summed E-state index contributed by atoms with van der Waals surface area (Å²) in [5, 5.41) is 4.15. The van der Waals surface area contributed by atoms with Crippen molar-refractivity contribution in [3.63, 3.8) is 0 Å². The molecular weight excluding hydrogens is 248 g/mol. The number of carbonyl (C=O) groups excluding carboxylic acids is 2. The van der Waals surface area contributed by atoms with Crippen LogP contribution in [0.2, 0.25) is 0 Å². The van der Waals surface area contributed by atoms with Crippen LogP contribution in [0, 0.1) is 13.8 Å². The fraction of sp³-hybridized carbons (Fsp3) is 0.250. The number of aromatic nitrogens is 2. The van der Waals surface area contributed by atoms with Crippen LogP contribution >= 0.6 is 0 Å². The lowest BCUT2D eigenvalue weighted by molar-refractivity contribution is -0.122. The number of furan rings is 1. The molecule has 2 N–H and O–H groups in total. The topological polar surface area (TPSA) is 89.2 Å². The lowest BCUT2D eigenvalue weighted by Crippen LogP contribution is -2.43. The lowest BCUT2D eigenvalue weighted by Gasteiger charge is -2.07. The number of nitrogens with one attached hydrogen (secondary N) is 2. The Bertz CT molecular complexity index is 586. The van der Waals surface area contributed by atoms with E-state index in [-0.39, 0.29) is 18.2 Å². The number of hydrogen-bond acceptors (Lipinski definition) is 4. The third kappa shape index (κ3) is 3.21. The minimum atomic E-state index is -0.508. The molecule has 2 aromatic heterocycles. The van der Waals surface area contributed by atoms with Gasteiger partial charge < -0.3 is 4.42 Å². The minimum absolute atomic E-state index is 0.0398. The number of rotatable bonds is 3. The maximum atomic E-state index is 11.6. The summed E-state index contributed by atoms with van der Waals surface area (Å²) >= 11 is 0. The molecule has 0 aliphatic heterocycles. The molecule has 2 amide bonds. The average molecular weight is 262 g/mol. The highest BCUT2D eigenvalue weighted by Gasteiger charge is 2.11. The molecule has 0 unspecified atom stereocenters. The van der Waals surface area contributed by atoms with Crippen LogP contribution in [0.15, 0.2) is 28.9 Å². The number of hydrazine groups is 1. The predicted molar refractivity (Wildman–Crippen MR) is 66.0 cm³/mol. The van der Waals surface area contributed by atoms with Crippen LogP contribution in [-0.2, 0) is 11.3 Å². The smallest absolute Gasteiger partial charge is 0.305 e. The van der Waals surface area contributed by atoms with Crippen LogP contribution in [-0.4, -0.2) is 21.6 Å². The van der Waals surface area contributed by atoms with Gasteiger partial charge in [0.25, 0.3) is 5.91 Å². The molecular formula is C12H14N4O3. The second kappa shape index (κ2) is 5.38. The van der Waals surface area contributed by atoms with E-state index in [4.69, 9.17) is 4.42 Å². The molecule has 0 aliphatic carbocycles. The molecule has 2 heterocycles. The molecule has 7 heteroatoms. The van der Waals surface area contributed by atoms with Gasteiger partial charge in [-0.05, 0) is 32.0 Å². The third-order valence-electron chi connectivity index (χ3n) is 2.46. The molecule has 0 saturated heterocycles. The molecule has 0 saturated carbocycles. The van der Waals surface area contributed by atoms with Crippen LogP contribution in [0.3, 0.4) is 0 Å². The van der Waals surface area contributed by atoms with Crippen molar-refractivity contribution in [2.75, 3.05) is 0 Å². The van der Waals surface area contributed by atoms with Crippen molar-refractivity contribution in [1.29, 1.82) is 0 Å². The molecule has 0 aliphatic rings. The SMILES string of the molecule is Cc1cc(C)n(CC(=O)NNC(=O)c2ccco2)n1. The van der Waals surface area contributed by atoms with Gasteiger partial charge in [0.15, 0.2) is 5.76 Å². The van der Waals surface area contributed by atoms with Gasteiger partial charge in [0.2, 0.25) is 0 Å². The Morgan fingerprint density at radius 2 is 2.16 bits per heavy atom. The highest BCUT2D eigenvalue weighted by atomic mass is 16.3. The van der Waals surface area contributed by atoms with E-state index in [0.717, 1.165) is 11.4 Å². The molecule has 0 spiro atoms. The molecule has 7 nitrogen and oxygen atoms in total. The maximum Gasteiger partial charge on any atom is 0.305 e. The number of amides is 2. The largest absolute Gasteiger partial charge is 0.459 e. The van der Waals surface area contributed by atoms with Gasteiger partial charge in [-0.15, -0.1) is 0 Å². The van der Waals surface area contributed by atoms with Crippen molar-refractivity contribution in [3.8, 4) is 0 Å². The molecule has 100 valence electrons. The van der Waals surface area contributed by atoms with Gasteiger partial charge >= 0.3 is 5.91 Å². The van der Waals surface area contributed by atoms with E-state index in [0.29, 0.717) is 0 Å². The molecule has 0 aromatic carbocycles. The highest BCUT2D eigenvalue weighted by Crippen LogP contribution is 2.01. The van der Waals surface area contributed by atoms with Crippen molar-refractivity contribution in [3.05, 3.63) is 41.6 Å². The van der Waals surface area contributed by atoms with Crippen molar-refractivity contribution in [2.24, 2.45) is 0 Å². The molecule has 19 heavy (non-hydrogen) atoms. The number of carbonyl (C=O) groups is 2. The normalized spacial score (nSPS) is 10.2. The van der Waals surface area contributed by atoms with Crippen LogP contribution in [0.25, 0.3) is 0 Å². The Morgan fingerprint density at radius 1 is 1.37 bits per heavy atom. The summed E-state index contributed by atoms with van der Waals surface area (Å²) in [6.07, 6.45) is 1.38. The summed E-state index contributed by atoms with van der Waals surface area (Å²) in [6, 6.07) is 4.96. The van der Waals surface area contributed by atoms with E-state index >= 15 is 0 Å². The minimum Gasteiger partial charge on any atom is -0.459 e. The second-order valence-electron chi connectivity index (χ2n) is 4.06. The predicted octanol–water partition coefficient (Wildman–Crippen LogP) is 0.554. The fourth-order valence-electron chi connectivity index (χ4n) is 1.61. The van der Waals surface area contributed by atoms with E-state index in [1.807, 2.05) is 19.9 Å². The van der Waals surface area contributed by atoms with Gasteiger partial charge in [-0.25, -0.2) is 0 Å². The summed E-state index contributed by atoms with van der Waals surface area (Å²) in [5.74, 6) is -0.746. The van der Waals surface area contributed by atoms with Gasteiger partial charge in [-0.1, -0.05) is 0 Å². The van der Waals surface area contributed by atoms with Gasteiger partial charge in [0.1, 0.15) is 6.54 Å². The van der Waals surface area contributed by atoms with Gasteiger partial charge in [0.05, 0.1) is 12.0 Å². The first-order chi connectivity index (χ1) is 9.06. The molecule has 2 rings (SSSR count). The molecule has 0 fully saturated rings.